The second-order valence-electron chi connectivity index (χ2n) is 7.05. The number of hydrogen-bond acceptors (Lipinski definition) is 2. The van der Waals surface area contributed by atoms with Crippen molar-refractivity contribution in [1.29, 1.82) is 0 Å². The zero-order chi connectivity index (χ0) is 16.2. The summed E-state index contributed by atoms with van der Waals surface area (Å²) in [5.74, 6) is 0.368. The fourth-order valence-corrected chi connectivity index (χ4v) is 3.30. The number of aliphatic hydroxyl groups excluding tert-OH is 1. The molecule has 1 aromatic carbocycles. The number of aliphatic hydroxyl groups is 1. The molecule has 22 heavy (non-hydrogen) atoms. The lowest BCUT2D eigenvalue weighted by Gasteiger charge is -2.25. The van der Waals surface area contributed by atoms with E-state index in [1.54, 1.807) is 0 Å². The quantitative estimate of drug-likeness (QED) is 0.878. The molecular weight excluding hydrogens is 276 g/mol. The van der Waals surface area contributed by atoms with Gasteiger partial charge in [0.25, 0.3) is 0 Å². The van der Waals surface area contributed by atoms with Crippen molar-refractivity contribution in [3.63, 3.8) is 0 Å². The van der Waals surface area contributed by atoms with Gasteiger partial charge in [0.05, 0.1) is 0 Å². The van der Waals surface area contributed by atoms with Crippen LogP contribution in [0.3, 0.4) is 0 Å². The molecule has 2 atom stereocenters. The highest BCUT2D eigenvalue weighted by molar-refractivity contribution is 5.75. The van der Waals surface area contributed by atoms with Crippen LogP contribution >= 0.6 is 0 Å². The lowest BCUT2D eigenvalue weighted by molar-refractivity contribution is 0.198. The fourth-order valence-electron chi connectivity index (χ4n) is 3.30. The van der Waals surface area contributed by atoms with Crippen molar-refractivity contribution in [3.05, 3.63) is 35.9 Å². The lowest BCUT2D eigenvalue weighted by atomic mass is 9.78. The van der Waals surface area contributed by atoms with Crippen LogP contribution in [-0.2, 0) is 0 Å². The highest BCUT2D eigenvalue weighted by Crippen LogP contribution is 2.42. The molecular formula is C18H28N2O2. The van der Waals surface area contributed by atoms with Crippen molar-refractivity contribution >= 4 is 6.03 Å². The number of benzene rings is 1. The van der Waals surface area contributed by atoms with Gasteiger partial charge >= 0.3 is 6.03 Å². The van der Waals surface area contributed by atoms with Gasteiger partial charge in [0.2, 0.25) is 0 Å². The van der Waals surface area contributed by atoms with E-state index in [2.05, 4.69) is 43.4 Å². The van der Waals surface area contributed by atoms with Crippen molar-refractivity contribution < 1.29 is 9.90 Å². The van der Waals surface area contributed by atoms with Gasteiger partial charge in [-0.2, -0.15) is 0 Å². The highest BCUT2D eigenvalue weighted by Gasteiger charge is 2.42. The normalized spacial score (nSPS) is 21.6. The molecule has 4 heteroatoms. The van der Waals surface area contributed by atoms with Crippen molar-refractivity contribution in [2.24, 2.45) is 5.41 Å². The highest BCUT2D eigenvalue weighted by atomic mass is 16.3. The van der Waals surface area contributed by atoms with E-state index < -0.39 is 0 Å². The maximum atomic E-state index is 12.4. The summed E-state index contributed by atoms with van der Waals surface area (Å²) < 4.78 is 0. The van der Waals surface area contributed by atoms with E-state index >= 15 is 0 Å². The molecule has 2 amide bonds. The van der Waals surface area contributed by atoms with Gasteiger partial charge in [0.1, 0.15) is 0 Å². The molecule has 4 nitrogen and oxygen atoms in total. The lowest BCUT2D eigenvalue weighted by Crippen LogP contribution is -2.43. The average molecular weight is 304 g/mol. The smallest absolute Gasteiger partial charge is 0.317 e. The van der Waals surface area contributed by atoms with E-state index in [1.807, 2.05) is 17.9 Å². The topological polar surface area (TPSA) is 52.6 Å². The van der Waals surface area contributed by atoms with E-state index in [9.17, 15) is 4.79 Å². The van der Waals surface area contributed by atoms with Gasteiger partial charge in [-0.15, -0.1) is 0 Å². The zero-order valence-electron chi connectivity index (χ0n) is 13.9. The van der Waals surface area contributed by atoms with E-state index in [1.165, 1.54) is 5.56 Å². The fraction of sp³-hybridized carbons (Fsp3) is 0.611. The number of urea groups is 1. The Morgan fingerprint density at radius 1 is 1.41 bits per heavy atom. The Balaban J connectivity index is 1.99. The van der Waals surface area contributed by atoms with Crippen LogP contribution in [0, 0.1) is 5.41 Å². The van der Waals surface area contributed by atoms with Crippen LogP contribution in [0.25, 0.3) is 0 Å². The average Bonchev–Trinajstić information content (AvgIpc) is 2.81. The second-order valence-corrected chi connectivity index (χ2v) is 7.05. The molecule has 0 aromatic heterocycles. The Morgan fingerprint density at radius 2 is 2.09 bits per heavy atom. The molecule has 122 valence electrons. The van der Waals surface area contributed by atoms with Crippen molar-refractivity contribution in [3.8, 4) is 0 Å². The molecule has 1 saturated heterocycles. The summed E-state index contributed by atoms with van der Waals surface area (Å²) >= 11 is 0. The molecule has 2 rings (SSSR count). The maximum Gasteiger partial charge on any atom is 0.317 e. The third-order valence-corrected chi connectivity index (χ3v) is 4.60. The number of carbonyl (C=O) groups excluding carboxylic acids is 1. The molecule has 0 aliphatic carbocycles. The summed E-state index contributed by atoms with van der Waals surface area (Å²) in [6, 6.07) is 10.6. The number of nitrogens with one attached hydrogen (secondary N) is 1. The molecule has 0 bridgehead atoms. The molecule has 1 aromatic rings. The van der Waals surface area contributed by atoms with Gasteiger partial charge in [-0.25, -0.2) is 4.79 Å². The van der Waals surface area contributed by atoms with E-state index in [4.69, 9.17) is 5.11 Å². The molecule has 1 heterocycles. The standard InChI is InChI=1S/C18H28N2O2/c1-14(8-7-11-21)19-17(22)20-12-16(18(2,3)13-20)15-9-5-4-6-10-15/h4-6,9-10,14,16,21H,7-8,11-13H2,1-3H3,(H,19,22). The van der Waals surface area contributed by atoms with Crippen LogP contribution in [0.15, 0.2) is 30.3 Å². The summed E-state index contributed by atoms with van der Waals surface area (Å²) in [4.78, 5) is 14.4. The molecule has 0 spiro atoms. The summed E-state index contributed by atoms with van der Waals surface area (Å²) in [5.41, 5.74) is 1.38. The second kappa shape index (κ2) is 7.14. The van der Waals surface area contributed by atoms with Crippen LogP contribution in [0.1, 0.15) is 45.1 Å². The third kappa shape index (κ3) is 4.01. The number of rotatable bonds is 5. The summed E-state index contributed by atoms with van der Waals surface area (Å²) in [7, 11) is 0. The molecule has 1 aliphatic rings. The van der Waals surface area contributed by atoms with E-state index in [0.29, 0.717) is 5.92 Å². The first-order chi connectivity index (χ1) is 10.4. The number of nitrogens with zero attached hydrogens (tertiary/aromatic N) is 1. The number of hydrogen-bond donors (Lipinski definition) is 2. The molecule has 2 unspecified atom stereocenters. The number of amides is 2. The van der Waals surface area contributed by atoms with Gasteiger partial charge in [0.15, 0.2) is 0 Å². The zero-order valence-corrected chi connectivity index (χ0v) is 13.9. The Kier molecular flexibility index (Phi) is 5.46. The summed E-state index contributed by atoms with van der Waals surface area (Å²) in [6.07, 6.45) is 1.53. The van der Waals surface area contributed by atoms with Crippen LogP contribution in [0.5, 0.6) is 0 Å². The maximum absolute atomic E-state index is 12.4. The Morgan fingerprint density at radius 3 is 2.73 bits per heavy atom. The van der Waals surface area contributed by atoms with Gasteiger partial charge in [0, 0.05) is 31.7 Å². The Labute approximate surface area is 133 Å². The van der Waals surface area contributed by atoms with Crippen molar-refractivity contribution in [1.82, 2.24) is 10.2 Å². The minimum atomic E-state index is 0.0111. The Hall–Kier alpha value is -1.55. The van der Waals surface area contributed by atoms with Gasteiger partial charge in [-0.3, -0.25) is 0 Å². The number of likely N-dealkylation sites (tertiary alicyclic amines) is 1. The first-order valence-corrected chi connectivity index (χ1v) is 8.15. The van der Waals surface area contributed by atoms with Gasteiger partial charge < -0.3 is 15.3 Å². The minimum Gasteiger partial charge on any atom is -0.396 e. The first-order valence-electron chi connectivity index (χ1n) is 8.15. The van der Waals surface area contributed by atoms with E-state index in [-0.39, 0.29) is 24.1 Å². The van der Waals surface area contributed by atoms with E-state index in [0.717, 1.165) is 25.9 Å². The van der Waals surface area contributed by atoms with Gasteiger partial charge in [-0.1, -0.05) is 44.2 Å². The van der Waals surface area contributed by atoms with Gasteiger partial charge in [-0.05, 0) is 30.7 Å². The van der Waals surface area contributed by atoms with Crippen LogP contribution in [0.4, 0.5) is 4.79 Å². The largest absolute Gasteiger partial charge is 0.396 e. The Bertz CT molecular complexity index is 487. The molecule has 0 saturated carbocycles. The number of carbonyl (C=O) groups is 1. The van der Waals surface area contributed by atoms with Crippen LogP contribution in [0.2, 0.25) is 0 Å². The third-order valence-electron chi connectivity index (χ3n) is 4.60. The molecule has 2 N–H and O–H groups in total. The predicted octanol–water partition coefficient (Wildman–Crippen LogP) is 2.98. The van der Waals surface area contributed by atoms with Crippen molar-refractivity contribution in [2.45, 2.75) is 45.6 Å². The molecule has 1 fully saturated rings. The predicted molar refractivity (Wildman–Crippen MR) is 88.9 cm³/mol. The van der Waals surface area contributed by atoms with Crippen molar-refractivity contribution in [2.75, 3.05) is 19.7 Å². The summed E-state index contributed by atoms with van der Waals surface area (Å²) in [6.45, 7) is 8.15. The SMILES string of the molecule is CC(CCCO)NC(=O)N1CC(c2ccccc2)C(C)(C)C1. The van der Waals surface area contributed by atoms with Crippen LogP contribution < -0.4 is 5.32 Å². The first kappa shape index (κ1) is 16.8. The molecule has 0 radical (unpaired) electrons. The molecule has 1 aliphatic heterocycles. The minimum absolute atomic E-state index is 0.0111. The summed E-state index contributed by atoms with van der Waals surface area (Å²) in [5, 5.41) is 11.9. The monoisotopic (exact) mass is 304 g/mol. The van der Waals surface area contributed by atoms with Crippen LogP contribution in [-0.4, -0.2) is 41.8 Å².